The number of allylic oxidation sites excluding steroid dienone is 1. The Balaban J connectivity index is 0.000000141. The van der Waals surface area contributed by atoms with Crippen LogP contribution in [0.4, 0.5) is 34.1 Å². The Morgan fingerprint density at radius 2 is 0.662 bits per heavy atom. The van der Waals surface area contributed by atoms with Gasteiger partial charge >= 0.3 is 28.4 Å². The number of aromatic hydroxyl groups is 6. The Kier molecular flexibility index (Phi) is 29.2. The molecule has 0 aliphatic carbocycles. The fourth-order valence-corrected chi connectivity index (χ4v) is 12.2. The summed E-state index contributed by atoms with van der Waals surface area (Å²) in [5.74, 6) is -7.89. The van der Waals surface area contributed by atoms with Crippen LogP contribution in [-0.4, -0.2) is 186 Å². The summed E-state index contributed by atoms with van der Waals surface area (Å²) in [4.78, 5) is 237. The average Bonchev–Trinajstić information content (AvgIpc) is 0.877. The van der Waals surface area contributed by atoms with Crippen molar-refractivity contribution in [1.82, 2.24) is 126 Å². The minimum absolute atomic E-state index is 0.0690. The van der Waals surface area contributed by atoms with Gasteiger partial charge in [0.25, 0.3) is 68.8 Å². The lowest BCUT2D eigenvalue weighted by atomic mass is 10.1. The van der Waals surface area contributed by atoms with Crippen molar-refractivity contribution >= 4 is 87.5 Å². The molecule has 29 N–H and O–H groups in total. The number of aromatic nitrogens is 24. The number of H-pyrrole nitrogens is 16. The van der Waals surface area contributed by atoms with Gasteiger partial charge in [-0.25, -0.2) is 44.1 Å². The number of carbonyl (C=O) groups is 6. The maximum Gasteiger partial charge on any atom is 0.328 e. The summed E-state index contributed by atoms with van der Waals surface area (Å²) in [6.45, 7) is 3.64. The van der Waals surface area contributed by atoms with Crippen molar-refractivity contribution in [3.05, 3.63) is 378 Å². The van der Waals surface area contributed by atoms with E-state index in [1.165, 1.54) is 23.5 Å². The highest BCUT2D eigenvalue weighted by Crippen LogP contribution is 2.27. The molecular weight excluding hydrogens is 1850 g/mol. The number of nitrogens with one attached hydrogen (secondary N) is 23. The third-order valence-electron chi connectivity index (χ3n) is 18.4. The number of hydroxylamine groups is 1. The van der Waals surface area contributed by atoms with Gasteiger partial charge in [-0.05, 0) is 151 Å². The van der Waals surface area contributed by atoms with Crippen molar-refractivity contribution in [1.29, 1.82) is 0 Å². The van der Waals surface area contributed by atoms with Crippen molar-refractivity contribution in [3.63, 3.8) is 0 Å². The number of nitrogens with zero attached hydrogens (tertiary/aromatic N) is 8. The molecule has 0 fully saturated rings. The third kappa shape index (κ3) is 24.3. The third-order valence-corrected chi connectivity index (χ3v) is 18.6. The van der Waals surface area contributed by atoms with E-state index in [0.717, 1.165) is 44.9 Å². The Hall–Kier alpha value is -21.6. The molecule has 0 radical (unpaired) electrons. The zero-order chi connectivity index (χ0) is 99.3. The van der Waals surface area contributed by atoms with Gasteiger partial charge in [0, 0.05) is 75.0 Å². The summed E-state index contributed by atoms with van der Waals surface area (Å²) >= 11 is 4.70. The highest BCUT2D eigenvalue weighted by Gasteiger charge is 2.25. The van der Waals surface area contributed by atoms with Crippen molar-refractivity contribution in [2.45, 2.75) is 0 Å². The second-order valence-electron chi connectivity index (χ2n) is 27.7. The average molecular weight is 1910 g/mol. The van der Waals surface area contributed by atoms with Crippen molar-refractivity contribution in [2.75, 3.05) is 31.9 Å². The molecule has 0 bridgehead atoms. The molecule has 0 atom stereocenters. The Bertz CT molecular complexity index is 7310. The number of rotatable bonds is 18. The number of amides is 6. The highest BCUT2D eigenvalue weighted by atomic mass is 32.1. The Labute approximate surface area is 770 Å². The van der Waals surface area contributed by atoms with E-state index in [-0.39, 0.29) is 4.77 Å². The number of hydrogen-bond acceptors (Lipinski definition) is 33. The quantitative estimate of drug-likeness (QED) is 0.0548. The van der Waals surface area contributed by atoms with Crippen molar-refractivity contribution < 1.29 is 64.2 Å². The number of hydrogen-bond donors (Lipinski definition) is 29. The molecule has 6 aromatic carbocycles. The van der Waals surface area contributed by atoms with Crippen LogP contribution in [0.25, 0.3) is 56.7 Å². The van der Waals surface area contributed by atoms with Crippen LogP contribution in [0.15, 0.2) is 272 Å². The first-order valence-corrected chi connectivity index (χ1v) is 39.4. The molecule has 0 unspecified atom stereocenters. The molecule has 11 aromatic heterocycles. The molecule has 18 rings (SSSR count). The fourth-order valence-electron chi connectivity index (χ4n) is 12.0. The molecule has 0 saturated carbocycles. The molecule has 17 aromatic rings. The molecular formula is C83H65N31O24S. The van der Waals surface area contributed by atoms with Crippen LogP contribution in [0.3, 0.4) is 0 Å². The predicted molar refractivity (Wildman–Crippen MR) is 491 cm³/mol. The van der Waals surface area contributed by atoms with Gasteiger partial charge in [-0.3, -0.25) is 128 Å². The zero-order valence-electron chi connectivity index (χ0n) is 69.9. The molecule has 0 saturated heterocycles. The van der Waals surface area contributed by atoms with Crippen LogP contribution in [0.2, 0.25) is 0 Å². The van der Waals surface area contributed by atoms with E-state index in [1.54, 1.807) is 176 Å². The lowest BCUT2D eigenvalue weighted by Gasteiger charge is -2.07. The van der Waals surface area contributed by atoms with E-state index < -0.39 is 166 Å². The zero-order valence-corrected chi connectivity index (χ0v) is 70.7. The van der Waals surface area contributed by atoms with Crippen LogP contribution in [0.5, 0.6) is 35.3 Å². The van der Waals surface area contributed by atoms with Gasteiger partial charge < -0.3 is 77.3 Å². The van der Waals surface area contributed by atoms with Gasteiger partial charge in [0.1, 0.15) is 18.4 Å². The van der Waals surface area contributed by atoms with Gasteiger partial charge in [-0.15, -0.1) is 5.10 Å². The largest absolute Gasteiger partial charge is 0.494 e. The van der Waals surface area contributed by atoms with Crippen LogP contribution in [0.1, 0.15) is 67.7 Å². The molecule has 12 heterocycles. The fraction of sp³-hybridized carbons (Fsp3) is 0. The molecule has 6 amide bonds. The summed E-state index contributed by atoms with van der Waals surface area (Å²) in [6, 6.07) is 45.7. The number of carbonyl (C=O) groups excluding carboxylic acids is 6. The topological polar surface area (TPSA) is 853 Å². The Morgan fingerprint density at radius 1 is 0.345 bits per heavy atom. The molecule has 0 spiro atoms. The van der Waals surface area contributed by atoms with Gasteiger partial charge in [-0.2, -0.15) is 15.3 Å². The summed E-state index contributed by atoms with van der Waals surface area (Å²) in [6.07, 6.45) is 11.1. The van der Waals surface area contributed by atoms with Crippen molar-refractivity contribution in [3.8, 4) is 86.3 Å². The molecule has 702 valence electrons. The summed E-state index contributed by atoms with van der Waals surface area (Å²) in [5.41, 5.74) is -0.974. The molecule has 1 aliphatic rings. The molecule has 56 heteroatoms. The minimum atomic E-state index is -0.985. The van der Waals surface area contributed by atoms with E-state index in [2.05, 4.69) is 110 Å². The van der Waals surface area contributed by atoms with Crippen molar-refractivity contribution in [2.24, 2.45) is 0 Å². The lowest BCUT2D eigenvalue weighted by Crippen LogP contribution is -2.30. The number of aromatic amines is 16. The van der Waals surface area contributed by atoms with Gasteiger partial charge in [-0.1, -0.05) is 48.2 Å². The minimum Gasteiger partial charge on any atom is -0.494 e. The first kappa shape index (κ1) is 95.0. The Morgan fingerprint density at radius 3 is 0.935 bits per heavy atom. The van der Waals surface area contributed by atoms with E-state index in [9.17, 15) is 112 Å². The first-order valence-electron chi connectivity index (χ1n) is 39.0. The van der Waals surface area contributed by atoms with E-state index in [0.29, 0.717) is 57.2 Å². The smallest absolute Gasteiger partial charge is 0.328 e. The van der Waals surface area contributed by atoms with Crippen LogP contribution in [-0.2, 0) is 4.84 Å². The van der Waals surface area contributed by atoms with Gasteiger partial charge in [0.2, 0.25) is 35.3 Å². The summed E-state index contributed by atoms with van der Waals surface area (Å²) in [7, 11) is 0. The van der Waals surface area contributed by atoms with Gasteiger partial charge in [0.05, 0.1) is 29.5 Å². The standard InChI is InChI=1S/C15H12N4O5.C15H12N4O4.C14H11N5O4.2C13H10N6O4.C13H10N6O3S/c1-7-6-10(19-24-7)8-2-4-9(5-3-8)16-12(20)11-13(21)17-15(23)18-14(11)22;20-12(11-13(21)18-15(23)19-14(11)22)17-9-5-3-8(4-6-9)10-2-1-7-16-10;20-11(10-12(21)17-14(23)18-13(10)22)16-8-3-1-7(2-4-8)9-5-6-15-19-9;20-10(9-11(21)16-13(23)17-12(9)22)15-7-1-3-8(4-2-7)19-6-5-14-18-19;2*20-10(8-11(21)17-13(23)18-12(8)22)16-7-3-1-6(2-4-7)9-14-5-15-19-9/h2-6,19H,1H2,(H,16,20)(H3,17,18,21,22,23);1-7,16H,(H,17,20)(H3,18,19,21,22,23);1-6H,(H,15,19)(H,16,20)(H3,17,18,21,22,23);1-6H,(H,15,20)(H3,16,17,21,22,23);2*1-5H,(H,16,20)(H,14,15,19)(H3,17,18,21,22,23). The number of benzene rings is 6. The van der Waals surface area contributed by atoms with E-state index >= 15 is 0 Å². The summed E-state index contributed by atoms with van der Waals surface area (Å²) in [5, 5.41) is 99.3. The van der Waals surface area contributed by atoms with Crippen LogP contribution < -0.4 is 99.2 Å². The molecule has 1 aliphatic heterocycles. The van der Waals surface area contributed by atoms with Gasteiger partial charge in [0.15, 0.2) is 49.8 Å². The normalized spacial score (nSPS) is 10.9. The second kappa shape index (κ2) is 42.8. The SMILES string of the molecule is C=C1C=C(c2ccc(NC(=O)c3c(O)[nH]c(=O)[nH]c3=O)cc2)NO1.O=C(Nc1ccc(-c2ccc[nH]2)cc1)c1c(O)[nH]c(=O)[nH]c1=O.O=C(Nc1ccc(-c2ccn[nH]2)cc1)c1c(O)[nH]c(=O)[nH]c1=O.O=C(Nc1ccc(-c2ncn[nH]2)cc1)c1c(O)[nH]c(=O)[nH]c1=O.O=C(Nc1ccc(-c2ncn[nH]2)cc1)c1c(O)[nH]c(=S)[nH]c1=O.O=C(Nc1ccc(-n2ccnn2)cc1)c1c(O)[nH]c(=O)[nH]c1=O. The highest BCUT2D eigenvalue weighted by molar-refractivity contribution is 7.71. The first-order chi connectivity index (χ1) is 66.6. The summed E-state index contributed by atoms with van der Waals surface area (Å²) < 4.78 is 1.46. The van der Waals surface area contributed by atoms with Crippen LogP contribution >= 0.6 is 12.2 Å². The van der Waals surface area contributed by atoms with Crippen LogP contribution in [0, 0.1) is 4.77 Å². The predicted octanol–water partition coefficient (Wildman–Crippen LogP) is 2.42. The maximum atomic E-state index is 12.1. The molecule has 139 heavy (non-hydrogen) atoms. The second-order valence-corrected chi connectivity index (χ2v) is 28.2. The monoisotopic (exact) mass is 1910 g/mol. The van der Waals surface area contributed by atoms with E-state index in [4.69, 9.17) is 17.1 Å². The molecule has 55 nitrogen and oxygen atoms in total. The lowest BCUT2D eigenvalue weighted by molar-refractivity contribution is 0.101. The maximum absolute atomic E-state index is 12.1. The van der Waals surface area contributed by atoms with E-state index in [1.807, 2.05) is 62.0 Å². The number of anilines is 6.